The van der Waals surface area contributed by atoms with Gasteiger partial charge in [-0.2, -0.15) is 0 Å². The molecule has 0 fully saturated rings. The Bertz CT molecular complexity index is 736. The standard InChI is InChI=1S/C14H8ClFINO3/c15-9-5-7(2-4-11(9)17)13(19)18-12-6-8(14(20)21)1-3-10(12)16/h1-6H,(H,18,19)(H,20,21). The van der Waals surface area contributed by atoms with Crippen molar-refractivity contribution in [3.05, 3.63) is 61.9 Å². The summed E-state index contributed by atoms with van der Waals surface area (Å²) < 4.78 is 14.4. The van der Waals surface area contributed by atoms with Gasteiger partial charge in [-0.15, -0.1) is 0 Å². The Morgan fingerprint density at radius 3 is 2.43 bits per heavy atom. The van der Waals surface area contributed by atoms with Crippen LogP contribution in [0.1, 0.15) is 20.7 Å². The lowest BCUT2D eigenvalue weighted by Gasteiger charge is -2.08. The molecular formula is C14H8ClFINO3. The third-order valence-corrected chi connectivity index (χ3v) is 4.22. The Kier molecular flexibility index (Phi) is 4.79. The number of halogens is 3. The number of carbonyl (C=O) groups excluding carboxylic acids is 1. The average Bonchev–Trinajstić information content (AvgIpc) is 2.43. The summed E-state index contributed by atoms with van der Waals surface area (Å²) >= 11 is 7.94. The minimum atomic E-state index is -1.21. The van der Waals surface area contributed by atoms with E-state index in [-0.39, 0.29) is 16.8 Å². The SMILES string of the molecule is O=C(O)c1ccc(F)c(NC(=O)c2ccc(I)c(Cl)c2)c1. The maximum atomic E-state index is 13.6. The molecule has 108 valence electrons. The lowest BCUT2D eigenvalue weighted by Crippen LogP contribution is -2.13. The summed E-state index contributed by atoms with van der Waals surface area (Å²) in [5.74, 6) is -2.50. The van der Waals surface area contributed by atoms with E-state index < -0.39 is 17.7 Å². The molecule has 2 N–H and O–H groups in total. The van der Waals surface area contributed by atoms with Crippen molar-refractivity contribution in [2.24, 2.45) is 0 Å². The number of nitrogens with one attached hydrogen (secondary N) is 1. The van der Waals surface area contributed by atoms with Gasteiger partial charge in [-0.25, -0.2) is 9.18 Å². The predicted molar refractivity (Wildman–Crippen MR) is 85.5 cm³/mol. The fraction of sp³-hybridized carbons (Fsp3) is 0. The monoisotopic (exact) mass is 419 g/mol. The second-order valence-electron chi connectivity index (χ2n) is 4.08. The fourth-order valence-electron chi connectivity index (χ4n) is 1.59. The van der Waals surface area contributed by atoms with E-state index in [2.05, 4.69) is 5.32 Å². The molecule has 7 heteroatoms. The number of hydrogen-bond donors (Lipinski definition) is 2. The Balaban J connectivity index is 2.28. The molecule has 0 atom stereocenters. The van der Waals surface area contributed by atoms with Crippen LogP contribution in [0.15, 0.2) is 36.4 Å². The lowest BCUT2D eigenvalue weighted by atomic mass is 10.1. The normalized spacial score (nSPS) is 10.2. The molecule has 1 amide bonds. The van der Waals surface area contributed by atoms with Gasteiger partial charge >= 0.3 is 5.97 Å². The maximum Gasteiger partial charge on any atom is 0.335 e. The summed E-state index contributed by atoms with van der Waals surface area (Å²) in [5, 5.41) is 11.6. The van der Waals surface area contributed by atoms with E-state index in [0.29, 0.717) is 5.02 Å². The molecule has 0 saturated heterocycles. The minimum absolute atomic E-state index is 0.118. The van der Waals surface area contributed by atoms with Crippen molar-refractivity contribution in [3.8, 4) is 0 Å². The Labute approximate surface area is 138 Å². The van der Waals surface area contributed by atoms with E-state index in [9.17, 15) is 14.0 Å². The molecule has 0 bridgehead atoms. The smallest absolute Gasteiger partial charge is 0.335 e. The topological polar surface area (TPSA) is 66.4 Å². The Morgan fingerprint density at radius 1 is 1.14 bits per heavy atom. The van der Waals surface area contributed by atoms with Crippen molar-refractivity contribution in [3.63, 3.8) is 0 Å². The first kappa shape index (κ1) is 15.7. The van der Waals surface area contributed by atoms with Gasteiger partial charge in [0, 0.05) is 9.13 Å². The zero-order valence-corrected chi connectivity index (χ0v) is 13.3. The highest BCUT2D eigenvalue weighted by Gasteiger charge is 2.13. The average molecular weight is 420 g/mol. The van der Waals surface area contributed by atoms with Crippen LogP contribution >= 0.6 is 34.2 Å². The molecule has 0 radical (unpaired) electrons. The third-order valence-electron chi connectivity index (χ3n) is 2.64. The molecular weight excluding hydrogens is 412 g/mol. The van der Waals surface area contributed by atoms with Crippen molar-refractivity contribution >= 4 is 51.8 Å². The van der Waals surface area contributed by atoms with Crippen LogP contribution in [0, 0.1) is 9.39 Å². The number of carboxylic acids is 1. The summed E-state index contributed by atoms with van der Waals surface area (Å²) in [6.07, 6.45) is 0. The van der Waals surface area contributed by atoms with Crippen LogP contribution in [0.5, 0.6) is 0 Å². The van der Waals surface area contributed by atoms with Gasteiger partial charge in [0.2, 0.25) is 0 Å². The van der Waals surface area contributed by atoms with Gasteiger partial charge in [-0.1, -0.05) is 11.6 Å². The van der Waals surface area contributed by atoms with E-state index >= 15 is 0 Å². The zero-order chi connectivity index (χ0) is 15.6. The first-order valence-electron chi connectivity index (χ1n) is 5.67. The molecule has 0 spiro atoms. The van der Waals surface area contributed by atoms with Crippen molar-refractivity contribution in [1.82, 2.24) is 0 Å². The highest BCUT2D eigenvalue weighted by molar-refractivity contribution is 14.1. The number of hydrogen-bond acceptors (Lipinski definition) is 2. The second kappa shape index (κ2) is 6.40. The van der Waals surface area contributed by atoms with Crippen molar-refractivity contribution < 1.29 is 19.1 Å². The maximum absolute atomic E-state index is 13.6. The van der Waals surface area contributed by atoms with Crippen molar-refractivity contribution in [2.75, 3.05) is 5.32 Å². The van der Waals surface area contributed by atoms with Gasteiger partial charge in [0.25, 0.3) is 5.91 Å². The largest absolute Gasteiger partial charge is 0.478 e. The van der Waals surface area contributed by atoms with Crippen LogP contribution in [-0.4, -0.2) is 17.0 Å². The molecule has 4 nitrogen and oxygen atoms in total. The predicted octanol–water partition coefficient (Wildman–Crippen LogP) is 4.03. The van der Waals surface area contributed by atoms with Gasteiger partial charge in [-0.05, 0) is 59.0 Å². The van der Waals surface area contributed by atoms with Crippen LogP contribution < -0.4 is 5.32 Å². The van der Waals surface area contributed by atoms with Crippen molar-refractivity contribution in [2.45, 2.75) is 0 Å². The van der Waals surface area contributed by atoms with Crippen LogP contribution in [0.2, 0.25) is 5.02 Å². The van der Waals surface area contributed by atoms with Gasteiger partial charge in [-0.3, -0.25) is 4.79 Å². The molecule has 0 saturated carbocycles. The van der Waals surface area contributed by atoms with E-state index in [0.717, 1.165) is 21.8 Å². The molecule has 21 heavy (non-hydrogen) atoms. The molecule has 0 aliphatic rings. The molecule has 0 aromatic heterocycles. The summed E-state index contributed by atoms with van der Waals surface area (Å²) in [4.78, 5) is 22.9. The molecule has 2 aromatic rings. The Morgan fingerprint density at radius 2 is 1.81 bits per heavy atom. The van der Waals surface area contributed by atoms with Gasteiger partial charge in [0.05, 0.1) is 16.3 Å². The van der Waals surface area contributed by atoms with Gasteiger partial charge in [0.1, 0.15) is 5.82 Å². The van der Waals surface area contributed by atoms with Gasteiger partial charge < -0.3 is 10.4 Å². The van der Waals surface area contributed by atoms with Crippen LogP contribution in [-0.2, 0) is 0 Å². The summed E-state index contributed by atoms with van der Waals surface area (Å²) in [6, 6.07) is 7.82. The highest BCUT2D eigenvalue weighted by Crippen LogP contribution is 2.21. The molecule has 0 aliphatic carbocycles. The molecule has 2 rings (SSSR count). The second-order valence-corrected chi connectivity index (χ2v) is 5.65. The number of anilines is 1. The first-order valence-corrected chi connectivity index (χ1v) is 7.13. The van der Waals surface area contributed by atoms with Crippen LogP contribution in [0.4, 0.5) is 10.1 Å². The number of amides is 1. The first-order chi connectivity index (χ1) is 9.88. The van der Waals surface area contributed by atoms with E-state index in [1.165, 1.54) is 6.07 Å². The molecule has 0 unspecified atom stereocenters. The minimum Gasteiger partial charge on any atom is -0.478 e. The van der Waals surface area contributed by atoms with Crippen LogP contribution in [0.25, 0.3) is 0 Å². The number of benzene rings is 2. The fourth-order valence-corrected chi connectivity index (χ4v) is 2.10. The van der Waals surface area contributed by atoms with E-state index in [1.807, 2.05) is 22.6 Å². The lowest BCUT2D eigenvalue weighted by molar-refractivity contribution is 0.0696. The summed E-state index contributed by atoms with van der Waals surface area (Å²) in [7, 11) is 0. The molecule has 2 aromatic carbocycles. The quantitative estimate of drug-likeness (QED) is 0.738. The highest BCUT2D eigenvalue weighted by atomic mass is 127. The summed E-state index contributed by atoms with van der Waals surface area (Å²) in [5.41, 5.74) is -0.0672. The number of carbonyl (C=O) groups is 2. The zero-order valence-electron chi connectivity index (χ0n) is 10.4. The number of carboxylic acid groups (broad SMARTS) is 1. The van der Waals surface area contributed by atoms with E-state index in [1.54, 1.807) is 12.1 Å². The molecule has 0 aliphatic heterocycles. The third kappa shape index (κ3) is 3.70. The van der Waals surface area contributed by atoms with E-state index in [4.69, 9.17) is 16.7 Å². The molecule has 0 heterocycles. The number of aromatic carboxylic acids is 1. The van der Waals surface area contributed by atoms with Crippen LogP contribution in [0.3, 0.4) is 0 Å². The number of rotatable bonds is 3. The summed E-state index contributed by atoms with van der Waals surface area (Å²) in [6.45, 7) is 0. The van der Waals surface area contributed by atoms with Crippen molar-refractivity contribution in [1.29, 1.82) is 0 Å². The van der Waals surface area contributed by atoms with Gasteiger partial charge in [0.15, 0.2) is 0 Å². The Hall–Kier alpha value is -1.67.